The van der Waals surface area contributed by atoms with Gasteiger partial charge in [-0.15, -0.1) is 0 Å². The maximum atomic E-state index is 12.0. The van der Waals surface area contributed by atoms with Gasteiger partial charge in [-0.2, -0.15) is 0 Å². The van der Waals surface area contributed by atoms with E-state index in [1.54, 1.807) is 0 Å². The van der Waals surface area contributed by atoms with Gasteiger partial charge in [-0.1, -0.05) is 25.8 Å². The predicted octanol–water partition coefficient (Wildman–Crippen LogP) is 5.58. The summed E-state index contributed by atoms with van der Waals surface area (Å²) in [4.78, 5) is 15.3. The number of rotatable bonds is 9. The van der Waals surface area contributed by atoms with Crippen molar-refractivity contribution in [2.45, 2.75) is 77.2 Å². The van der Waals surface area contributed by atoms with E-state index in [-0.39, 0.29) is 5.91 Å². The third kappa shape index (κ3) is 5.34. The number of anilines is 1. The molecule has 0 aliphatic carbocycles. The molecular formula is C22H32N2O2. The summed E-state index contributed by atoms with van der Waals surface area (Å²) in [6, 6.07) is 6.18. The Balaban J connectivity index is 1.52. The summed E-state index contributed by atoms with van der Waals surface area (Å²) >= 11 is 0. The first-order valence-corrected chi connectivity index (χ1v) is 10.3. The van der Waals surface area contributed by atoms with E-state index >= 15 is 0 Å². The number of H-pyrrole nitrogens is 1. The lowest BCUT2D eigenvalue weighted by molar-refractivity contribution is -0.116. The standard InChI is InChI=1S/C22H32N2O2/c1-2-3-4-11-22(25)24-18-12-13-20-17(16-23-21(20)15-18)8-7-10-19-9-5-6-14-26-19/h12-13,15-16,19,23H,2-11,14H2,1H3,(H,24,25). The largest absolute Gasteiger partial charge is 0.378 e. The minimum atomic E-state index is 0.108. The summed E-state index contributed by atoms with van der Waals surface area (Å²) in [5.41, 5.74) is 3.33. The monoisotopic (exact) mass is 356 g/mol. The molecule has 1 amide bonds. The molecule has 1 atom stereocenters. The first-order chi connectivity index (χ1) is 12.8. The molecule has 0 saturated carbocycles. The highest BCUT2D eigenvalue weighted by molar-refractivity contribution is 5.94. The van der Waals surface area contributed by atoms with Gasteiger partial charge in [-0.05, 0) is 62.6 Å². The topological polar surface area (TPSA) is 54.1 Å². The van der Waals surface area contributed by atoms with E-state index in [1.165, 1.54) is 30.2 Å². The lowest BCUT2D eigenvalue weighted by atomic mass is 10.0. The van der Waals surface area contributed by atoms with Crippen LogP contribution in [0.15, 0.2) is 24.4 Å². The molecule has 1 saturated heterocycles. The van der Waals surface area contributed by atoms with Gasteiger partial charge in [0.1, 0.15) is 0 Å². The van der Waals surface area contributed by atoms with Crippen LogP contribution in [-0.2, 0) is 16.0 Å². The van der Waals surface area contributed by atoms with Gasteiger partial charge in [-0.25, -0.2) is 0 Å². The van der Waals surface area contributed by atoms with Gasteiger partial charge in [0.15, 0.2) is 0 Å². The van der Waals surface area contributed by atoms with Crippen molar-refractivity contribution in [2.24, 2.45) is 0 Å². The van der Waals surface area contributed by atoms with Crippen LogP contribution in [0.4, 0.5) is 5.69 Å². The first-order valence-electron chi connectivity index (χ1n) is 10.3. The van der Waals surface area contributed by atoms with Gasteiger partial charge in [0, 0.05) is 35.8 Å². The van der Waals surface area contributed by atoms with Crippen molar-refractivity contribution in [3.05, 3.63) is 30.0 Å². The fourth-order valence-electron chi connectivity index (χ4n) is 3.79. The molecule has 1 fully saturated rings. The van der Waals surface area contributed by atoms with Crippen LogP contribution >= 0.6 is 0 Å². The first kappa shape index (κ1) is 19.0. The maximum absolute atomic E-state index is 12.0. The molecule has 1 aromatic carbocycles. The molecule has 2 aromatic rings. The van der Waals surface area contributed by atoms with Crippen LogP contribution in [-0.4, -0.2) is 23.6 Å². The Hall–Kier alpha value is -1.81. The van der Waals surface area contributed by atoms with E-state index in [1.807, 2.05) is 12.1 Å². The van der Waals surface area contributed by atoms with Gasteiger partial charge in [-0.3, -0.25) is 4.79 Å². The fourth-order valence-corrected chi connectivity index (χ4v) is 3.79. The smallest absolute Gasteiger partial charge is 0.224 e. The number of carbonyl (C=O) groups is 1. The molecule has 142 valence electrons. The average molecular weight is 357 g/mol. The van der Waals surface area contributed by atoms with Crippen molar-refractivity contribution in [3.8, 4) is 0 Å². The average Bonchev–Trinajstić information content (AvgIpc) is 3.05. The van der Waals surface area contributed by atoms with Crippen LogP contribution in [0.1, 0.15) is 70.3 Å². The Morgan fingerprint density at radius 3 is 3.00 bits per heavy atom. The molecule has 1 aromatic heterocycles. The predicted molar refractivity (Wildman–Crippen MR) is 108 cm³/mol. The van der Waals surface area contributed by atoms with Gasteiger partial charge in [0.2, 0.25) is 5.91 Å². The van der Waals surface area contributed by atoms with Crippen molar-refractivity contribution < 1.29 is 9.53 Å². The van der Waals surface area contributed by atoms with Crippen molar-refractivity contribution in [1.29, 1.82) is 0 Å². The molecular weight excluding hydrogens is 324 g/mol. The van der Waals surface area contributed by atoms with Crippen LogP contribution in [0.2, 0.25) is 0 Å². The van der Waals surface area contributed by atoms with E-state index in [4.69, 9.17) is 4.74 Å². The Labute approximate surface area is 156 Å². The van der Waals surface area contributed by atoms with Crippen molar-refractivity contribution in [1.82, 2.24) is 4.98 Å². The summed E-state index contributed by atoms with van der Waals surface area (Å²) in [5, 5.41) is 4.28. The molecule has 1 aliphatic rings. The SMILES string of the molecule is CCCCCC(=O)Nc1ccc2c(CCCC3CCCCO3)c[nH]c2c1. The molecule has 0 radical (unpaired) electrons. The second-order valence-corrected chi connectivity index (χ2v) is 7.46. The quantitative estimate of drug-likeness (QED) is 0.576. The van der Waals surface area contributed by atoms with Gasteiger partial charge in [0.05, 0.1) is 6.10 Å². The Kier molecular flexibility index (Phi) is 7.13. The molecule has 3 rings (SSSR count). The molecule has 0 spiro atoms. The second-order valence-electron chi connectivity index (χ2n) is 7.46. The van der Waals surface area contributed by atoms with Crippen LogP contribution in [0.3, 0.4) is 0 Å². The number of amides is 1. The van der Waals surface area contributed by atoms with Crippen molar-refractivity contribution in [3.63, 3.8) is 0 Å². The van der Waals surface area contributed by atoms with E-state index in [0.29, 0.717) is 12.5 Å². The molecule has 1 aliphatic heterocycles. The second kappa shape index (κ2) is 9.77. The number of aromatic nitrogens is 1. The normalized spacial score (nSPS) is 17.5. The zero-order valence-corrected chi connectivity index (χ0v) is 16.0. The highest BCUT2D eigenvalue weighted by Crippen LogP contribution is 2.25. The number of ether oxygens (including phenoxy) is 1. The van der Waals surface area contributed by atoms with Gasteiger partial charge < -0.3 is 15.0 Å². The third-order valence-electron chi connectivity index (χ3n) is 5.30. The Morgan fingerprint density at radius 1 is 1.27 bits per heavy atom. The Bertz CT molecular complexity index is 701. The number of carbonyl (C=O) groups excluding carboxylic acids is 1. The molecule has 4 heteroatoms. The molecule has 4 nitrogen and oxygen atoms in total. The molecule has 2 heterocycles. The van der Waals surface area contributed by atoms with E-state index in [2.05, 4.69) is 29.5 Å². The van der Waals surface area contributed by atoms with Crippen LogP contribution in [0.5, 0.6) is 0 Å². The zero-order chi connectivity index (χ0) is 18.2. The number of fused-ring (bicyclic) bond motifs is 1. The minimum absolute atomic E-state index is 0.108. The molecule has 2 N–H and O–H groups in total. The number of aromatic amines is 1. The minimum Gasteiger partial charge on any atom is -0.378 e. The number of nitrogens with one attached hydrogen (secondary N) is 2. The summed E-state index contributed by atoms with van der Waals surface area (Å²) in [6.45, 7) is 3.08. The van der Waals surface area contributed by atoms with Crippen LogP contribution < -0.4 is 5.32 Å². The number of benzene rings is 1. The third-order valence-corrected chi connectivity index (χ3v) is 5.30. The number of aryl methyl sites for hydroxylation is 1. The lowest BCUT2D eigenvalue weighted by Crippen LogP contribution is -2.18. The van der Waals surface area contributed by atoms with Crippen LogP contribution in [0, 0.1) is 0 Å². The van der Waals surface area contributed by atoms with Crippen molar-refractivity contribution >= 4 is 22.5 Å². The van der Waals surface area contributed by atoms with Gasteiger partial charge >= 0.3 is 0 Å². The summed E-state index contributed by atoms with van der Waals surface area (Å²) in [7, 11) is 0. The summed E-state index contributed by atoms with van der Waals surface area (Å²) < 4.78 is 5.82. The highest BCUT2D eigenvalue weighted by Gasteiger charge is 2.14. The summed E-state index contributed by atoms with van der Waals surface area (Å²) in [6.07, 6.45) is 13.5. The lowest BCUT2D eigenvalue weighted by Gasteiger charge is -2.22. The Morgan fingerprint density at radius 2 is 2.19 bits per heavy atom. The van der Waals surface area contributed by atoms with Gasteiger partial charge in [0.25, 0.3) is 0 Å². The van der Waals surface area contributed by atoms with Crippen LogP contribution in [0.25, 0.3) is 10.9 Å². The highest BCUT2D eigenvalue weighted by atomic mass is 16.5. The maximum Gasteiger partial charge on any atom is 0.224 e. The number of unbranched alkanes of at least 4 members (excludes halogenated alkanes) is 2. The molecule has 26 heavy (non-hydrogen) atoms. The van der Waals surface area contributed by atoms with E-state index in [9.17, 15) is 4.79 Å². The summed E-state index contributed by atoms with van der Waals surface area (Å²) in [5.74, 6) is 0.108. The zero-order valence-electron chi connectivity index (χ0n) is 16.0. The van der Waals surface area contributed by atoms with Crippen molar-refractivity contribution in [2.75, 3.05) is 11.9 Å². The number of hydrogen-bond donors (Lipinski definition) is 2. The van der Waals surface area contributed by atoms with E-state index < -0.39 is 0 Å². The molecule has 0 bridgehead atoms. The fraction of sp³-hybridized carbons (Fsp3) is 0.591. The number of hydrogen-bond acceptors (Lipinski definition) is 2. The molecule has 1 unspecified atom stereocenters. The van der Waals surface area contributed by atoms with E-state index in [0.717, 1.165) is 56.3 Å².